The molecule has 0 bridgehead atoms. The summed E-state index contributed by atoms with van der Waals surface area (Å²) in [5.74, 6) is -1.94. The molecule has 20 atom stereocenters. The van der Waals surface area contributed by atoms with Crippen LogP contribution in [0.25, 0.3) is 0 Å². The maximum absolute atomic E-state index is 15.4. The van der Waals surface area contributed by atoms with Crippen molar-refractivity contribution in [1.82, 2.24) is 0 Å². The van der Waals surface area contributed by atoms with Gasteiger partial charge >= 0.3 is 11.9 Å². The Morgan fingerprint density at radius 2 is 1.33 bits per heavy atom. The van der Waals surface area contributed by atoms with Gasteiger partial charge in [-0.1, -0.05) is 53.2 Å². The molecule has 2 saturated heterocycles. The van der Waals surface area contributed by atoms with Gasteiger partial charge in [-0.15, -0.1) is 0 Å². The van der Waals surface area contributed by atoms with Crippen LogP contribution in [0.4, 0.5) is 0 Å². The van der Waals surface area contributed by atoms with E-state index in [1.807, 2.05) is 0 Å². The molecule has 324 valence electrons. The third-order valence-corrected chi connectivity index (χ3v) is 17.4. The van der Waals surface area contributed by atoms with Crippen LogP contribution in [0.3, 0.4) is 0 Å². The van der Waals surface area contributed by atoms with Crippen molar-refractivity contribution in [3.05, 3.63) is 11.6 Å². The summed E-state index contributed by atoms with van der Waals surface area (Å²) in [5.41, 5.74) is -3.29. The van der Waals surface area contributed by atoms with E-state index >= 15 is 4.79 Å². The highest BCUT2D eigenvalue weighted by atomic mass is 16.7. The smallest absolute Gasteiger partial charge is 0.319 e. The Kier molecular flexibility index (Phi) is 11.4. The van der Waals surface area contributed by atoms with Crippen molar-refractivity contribution in [2.24, 2.45) is 56.7 Å². The fourth-order valence-corrected chi connectivity index (χ4v) is 13.9. The predicted molar refractivity (Wildman–Crippen MR) is 199 cm³/mol. The fraction of sp³-hybridized carbons (Fsp3) is 0.905. The van der Waals surface area contributed by atoms with E-state index in [2.05, 4.69) is 47.6 Å². The summed E-state index contributed by atoms with van der Waals surface area (Å²) in [5, 5.41) is 94.6. The topological polar surface area (TPSA) is 253 Å². The van der Waals surface area contributed by atoms with Crippen LogP contribution < -0.4 is 0 Å². The molecule has 15 heteroatoms. The van der Waals surface area contributed by atoms with E-state index in [4.69, 9.17) is 18.9 Å². The standard InChI is InChI=1S/C42H66O15/c1-19-9-14-41(36(51)52)15-16-42(37(53)57-35-33(50)31(48)29(46)23(18-44)55-35)21(27(41)20(19)2)7-8-25-39(5)12-11-26(38(3,4)24(39)10-13-40(25,42)6)56-34-32(49)30(47)28(45)22(17-43)54-34/h7,19-20,22-35,43-50H,8-18H2,1-6H3,(H,51,52). The van der Waals surface area contributed by atoms with E-state index in [0.29, 0.717) is 38.5 Å². The number of esters is 1. The summed E-state index contributed by atoms with van der Waals surface area (Å²) >= 11 is 0. The number of carbonyl (C=O) groups is 2. The van der Waals surface area contributed by atoms with E-state index in [9.17, 15) is 50.8 Å². The molecular formula is C42H66O15. The zero-order chi connectivity index (χ0) is 41.8. The van der Waals surface area contributed by atoms with E-state index in [1.165, 1.54) is 0 Å². The molecule has 4 saturated carbocycles. The van der Waals surface area contributed by atoms with Crippen LogP contribution in [0, 0.1) is 56.7 Å². The number of rotatable bonds is 7. The maximum Gasteiger partial charge on any atom is 0.319 e. The number of hydrogen-bond donors (Lipinski definition) is 9. The van der Waals surface area contributed by atoms with Crippen molar-refractivity contribution >= 4 is 11.9 Å². The highest BCUT2D eigenvalue weighted by Gasteiger charge is 2.74. The van der Waals surface area contributed by atoms with Crippen LogP contribution in [0.1, 0.15) is 99.3 Å². The normalized spacial score (nSPS) is 53.3. The summed E-state index contributed by atoms with van der Waals surface area (Å²) < 4.78 is 24.1. The lowest BCUT2D eigenvalue weighted by atomic mass is 9.33. The van der Waals surface area contributed by atoms with Crippen LogP contribution in [0.15, 0.2) is 11.6 Å². The second-order valence-corrected chi connectivity index (χ2v) is 20.0. The Morgan fingerprint density at radius 1 is 0.737 bits per heavy atom. The molecule has 2 heterocycles. The Bertz CT molecular complexity index is 1570. The van der Waals surface area contributed by atoms with Gasteiger partial charge in [-0.3, -0.25) is 9.59 Å². The van der Waals surface area contributed by atoms with E-state index in [0.717, 1.165) is 12.0 Å². The predicted octanol–water partition coefficient (Wildman–Crippen LogP) is 1.24. The third-order valence-electron chi connectivity index (χ3n) is 17.4. The SMILES string of the molecule is CC1CCC2(C(=O)O)CCC3(C(=O)OC4OC(CO)C(O)C(O)C4O)C(=CCC4C5(C)CCC(OC6OC(CO)C(O)C(O)C6O)C(C)(C)C5CCC43C)C2C1C. The van der Waals surface area contributed by atoms with Gasteiger partial charge in [-0.05, 0) is 104 Å². The van der Waals surface area contributed by atoms with Crippen LogP contribution in [0.5, 0.6) is 0 Å². The Hall–Kier alpha value is -1.76. The van der Waals surface area contributed by atoms with Gasteiger partial charge in [0.15, 0.2) is 6.29 Å². The monoisotopic (exact) mass is 810 g/mol. The first-order valence-corrected chi connectivity index (χ1v) is 21.1. The van der Waals surface area contributed by atoms with Gasteiger partial charge in [0.25, 0.3) is 0 Å². The molecule has 0 aromatic heterocycles. The summed E-state index contributed by atoms with van der Waals surface area (Å²) in [6.07, 6.45) is -8.78. The van der Waals surface area contributed by atoms with Crippen molar-refractivity contribution in [1.29, 1.82) is 0 Å². The number of fused-ring (bicyclic) bond motifs is 7. The van der Waals surface area contributed by atoms with Gasteiger partial charge in [-0.2, -0.15) is 0 Å². The lowest BCUT2D eigenvalue weighted by Gasteiger charge is -2.71. The average molecular weight is 811 g/mol. The van der Waals surface area contributed by atoms with E-state index in [-0.39, 0.29) is 41.9 Å². The van der Waals surface area contributed by atoms with Crippen molar-refractivity contribution < 1.29 is 74.5 Å². The van der Waals surface area contributed by atoms with Gasteiger partial charge in [0.1, 0.15) is 48.8 Å². The highest BCUT2D eigenvalue weighted by Crippen LogP contribution is 2.76. The van der Waals surface area contributed by atoms with Crippen molar-refractivity contribution in [3.8, 4) is 0 Å². The Labute approximate surface area is 334 Å². The average Bonchev–Trinajstić information content (AvgIpc) is 3.16. The first kappa shape index (κ1) is 43.3. The second kappa shape index (κ2) is 15.0. The molecule has 5 aliphatic carbocycles. The van der Waals surface area contributed by atoms with E-state index in [1.54, 1.807) is 0 Å². The van der Waals surface area contributed by atoms with Gasteiger partial charge < -0.3 is 64.9 Å². The number of carboxylic acid groups (broad SMARTS) is 1. The van der Waals surface area contributed by atoms with Gasteiger partial charge in [0.2, 0.25) is 6.29 Å². The van der Waals surface area contributed by atoms with Crippen molar-refractivity contribution in [3.63, 3.8) is 0 Å². The first-order valence-electron chi connectivity index (χ1n) is 21.1. The summed E-state index contributed by atoms with van der Waals surface area (Å²) in [7, 11) is 0. The second-order valence-electron chi connectivity index (χ2n) is 20.0. The van der Waals surface area contributed by atoms with Crippen molar-refractivity contribution in [2.45, 2.75) is 167 Å². The molecule has 7 rings (SSSR count). The molecule has 7 aliphatic rings. The minimum absolute atomic E-state index is 0.0375. The van der Waals surface area contributed by atoms with E-state index < -0.39 is 120 Å². The lowest BCUT2D eigenvalue weighted by molar-refractivity contribution is -0.330. The van der Waals surface area contributed by atoms with Crippen LogP contribution in [-0.4, -0.2) is 139 Å². The summed E-state index contributed by atoms with van der Waals surface area (Å²) in [6, 6.07) is 0. The number of ether oxygens (including phenoxy) is 4. The van der Waals surface area contributed by atoms with Crippen molar-refractivity contribution in [2.75, 3.05) is 13.2 Å². The third kappa shape index (κ3) is 6.14. The molecular weight excluding hydrogens is 744 g/mol. The molecule has 20 unspecified atom stereocenters. The van der Waals surface area contributed by atoms with Crippen LogP contribution >= 0.6 is 0 Å². The number of aliphatic hydroxyl groups excluding tert-OH is 8. The number of carbonyl (C=O) groups excluding carboxylic acids is 1. The van der Waals surface area contributed by atoms with Gasteiger partial charge in [0.05, 0.1) is 30.1 Å². The largest absolute Gasteiger partial charge is 0.481 e. The zero-order valence-electron chi connectivity index (χ0n) is 34.1. The molecule has 6 fully saturated rings. The quantitative estimate of drug-likeness (QED) is 0.0997. The highest BCUT2D eigenvalue weighted by molar-refractivity contribution is 5.85. The van der Waals surface area contributed by atoms with Crippen LogP contribution in [0.2, 0.25) is 0 Å². The summed E-state index contributed by atoms with van der Waals surface area (Å²) in [6.45, 7) is 11.6. The lowest BCUT2D eigenvalue weighted by Crippen LogP contribution is -2.69. The molecule has 9 N–H and O–H groups in total. The zero-order valence-corrected chi connectivity index (χ0v) is 34.1. The molecule has 0 radical (unpaired) electrons. The van der Waals surface area contributed by atoms with Crippen LogP contribution in [-0.2, 0) is 28.5 Å². The molecule has 0 amide bonds. The number of hydrogen-bond acceptors (Lipinski definition) is 14. The molecule has 57 heavy (non-hydrogen) atoms. The molecule has 0 aromatic carbocycles. The number of carboxylic acids is 1. The summed E-state index contributed by atoms with van der Waals surface area (Å²) in [4.78, 5) is 28.8. The number of aliphatic carboxylic acids is 1. The minimum atomic E-state index is -1.80. The Morgan fingerprint density at radius 3 is 1.93 bits per heavy atom. The minimum Gasteiger partial charge on any atom is -0.481 e. The number of aliphatic hydroxyl groups is 8. The van der Waals surface area contributed by atoms with Gasteiger partial charge in [-0.25, -0.2) is 0 Å². The fourth-order valence-electron chi connectivity index (χ4n) is 13.9. The molecule has 2 aliphatic heterocycles. The number of allylic oxidation sites excluding steroid dienone is 1. The Balaban J connectivity index is 1.27. The van der Waals surface area contributed by atoms with Gasteiger partial charge in [0, 0.05) is 0 Å². The molecule has 15 nitrogen and oxygen atoms in total. The maximum atomic E-state index is 15.4. The molecule has 0 spiro atoms. The first-order chi connectivity index (χ1) is 26.7. The molecule has 0 aromatic rings.